The lowest BCUT2D eigenvalue weighted by Crippen LogP contribution is -2.41. The number of ether oxygens (including phenoxy) is 2. The van der Waals surface area contributed by atoms with Crippen LogP contribution in [0, 0.1) is 0 Å². The van der Waals surface area contributed by atoms with Gasteiger partial charge >= 0.3 is 12.4 Å². The van der Waals surface area contributed by atoms with Gasteiger partial charge in [0.15, 0.2) is 11.0 Å². The van der Waals surface area contributed by atoms with Gasteiger partial charge in [-0.25, -0.2) is 14.5 Å². The van der Waals surface area contributed by atoms with Crippen LogP contribution < -0.4 is 19.7 Å². The fraction of sp³-hybridized carbons (Fsp3) is 0.333. The lowest BCUT2D eigenvalue weighted by atomic mass is 9.93. The zero-order chi connectivity index (χ0) is 33.1. The Morgan fingerprint density at radius 1 is 1.02 bits per heavy atom. The van der Waals surface area contributed by atoms with E-state index in [9.17, 15) is 18.0 Å². The van der Waals surface area contributed by atoms with Crippen LogP contribution in [0.25, 0.3) is 17.1 Å². The van der Waals surface area contributed by atoms with Crippen LogP contribution in [0.1, 0.15) is 51.2 Å². The van der Waals surface area contributed by atoms with Crippen molar-refractivity contribution in [1.29, 1.82) is 0 Å². The number of nitrogens with one attached hydrogen (secondary N) is 1. The first kappa shape index (κ1) is 32.9. The monoisotopic (exact) mass is 652 g/mol. The number of halogens is 3. The van der Waals surface area contributed by atoms with Crippen molar-refractivity contribution in [1.82, 2.24) is 20.1 Å². The van der Waals surface area contributed by atoms with Gasteiger partial charge in [0.25, 0.3) is 0 Å². The van der Waals surface area contributed by atoms with Gasteiger partial charge in [0, 0.05) is 29.6 Å². The summed E-state index contributed by atoms with van der Waals surface area (Å²) in [4.78, 5) is 24.2. The first-order valence-corrected chi connectivity index (χ1v) is 15.7. The molecule has 9 nitrogen and oxygen atoms in total. The zero-order valence-corrected chi connectivity index (χ0v) is 26.9. The zero-order valence-electron chi connectivity index (χ0n) is 26.1. The molecule has 2 heterocycles. The molecule has 0 saturated carbocycles. The van der Waals surface area contributed by atoms with Crippen molar-refractivity contribution in [2.24, 2.45) is 4.99 Å². The molecule has 1 aliphatic heterocycles. The highest BCUT2D eigenvalue weighted by molar-refractivity contribution is 8.14. The molecule has 1 fully saturated rings. The van der Waals surface area contributed by atoms with Crippen LogP contribution in [-0.2, 0) is 5.54 Å². The van der Waals surface area contributed by atoms with Gasteiger partial charge in [-0.2, -0.15) is 4.99 Å². The van der Waals surface area contributed by atoms with Crippen molar-refractivity contribution >= 4 is 28.6 Å². The molecule has 13 heteroatoms. The van der Waals surface area contributed by atoms with E-state index in [1.807, 2.05) is 50.2 Å². The van der Waals surface area contributed by atoms with Crippen LogP contribution in [0.3, 0.4) is 0 Å². The van der Waals surface area contributed by atoms with Crippen molar-refractivity contribution in [3.8, 4) is 28.6 Å². The summed E-state index contributed by atoms with van der Waals surface area (Å²) in [6.45, 7) is 8.84. The Morgan fingerprint density at radius 3 is 2.37 bits per heavy atom. The third-order valence-electron chi connectivity index (χ3n) is 7.45. The molecule has 0 spiro atoms. The predicted molar refractivity (Wildman–Crippen MR) is 174 cm³/mol. The minimum absolute atomic E-state index is 0.280. The lowest BCUT2D eigenvalue weighted by Gasteiger charge is -2.32. The lowest BCUT2D eigenvalue weighted by molar-refractivity contribution is -0.274. The number of rotatable bonds is 8. The number of amides is 2. The molecule has 0 unspecified atom stereocenters. The predicted octanol–water partition coefficient (Wildman–Crippen LogP) is 7.91. The van der Waals surface area contributed by atoms with Crippen molar-refractivity contribution in [3.05, 3.63) is 84.2 Å². The molecule has 0 bridgehead atoms. The maximum Gasteiger partial charge on any atom is 0.573 e. The highest BCUT2D eigenvalue weighted by Crippen LogP contribution is 2.35. The Balaban J connectivity index is 1.29. The van der Waals surface area contributed by atoms with Crippen molar-refractivity contribution in [2.75, 3.05) is 24.3 Å². The molecule has 4 aromatic rings. The average molecular weight is 653 g/mol. The van der Waals surface area contributed by atoms with Gasteiger partial charge in [-0.15, -0.1) is 18.3 Å². The third kappa shape index (κ3) is 7.82. The molecular formula is C33H35F3N6O3S. The fourth-order valence-corrected chi connectivity index (χ4v) is 6.01. The smallest absolute Gasteiger partial charge is 0.497 e. The Bertz CT molecular complexity index is 1700. The van der Waals surface area contributed by atoms with E-state index in [0.29, 0.717) is 16.7 Å². The van der Waals surface area contributed by atoms with Crippen LogP contribution in [0.2, 0.25) is 0 Å². The second-order valence-corrected chi connectivity index (χ2v) is 12.6. The van der Waals surface area contributed by atoms with Gasteiger partial charge in [0.2, 0.25) is 0 Å². The molecule has 1 saturated heterocycles. The van der Waals surface area contributed by atoms with Crippen LogP contribution in [0.15, 0.2) is 78.0 Å². The maximum atomic E-state index is 13.3. The molecule has 46 heavy (non-hydrogen) atoms. The maximum absolute atomic E-state index is 13.3. The number of thioether (sulfide) groups is 1. The Hall–Kier alpha value is -4.52. The number of alkyl halides is 3. The van der Waals surface area contributed by atoms with Gasteiger partial charge in [-0.1, -0.05) is 55.9 Å². The molecule has 3 aromatic carbocycles. The molecule has 242 valence electrons. The molecule has 2 amide bonds. The second-order valence-electron chi connectivity index (χ2n) is 11.5. The summed E-state index contributed by atoms with van der Waals surface area (Å²) in [5.74, 6) is 2.01. The SMILES string of the molecule is COc1ccc(C(C)C)c(N2CCCSC2=NC(=O)NC(C)(C)c2ccc(-c3ncn(-c4ccc(OC(F)(F)F)cc4)n3)cc2)c1. The number of urea groups is 1. The van der Waals surface area contributed by atoms with E-state index in [4.69, 9.17) is 4.74 Å². The van der Waals surface area contributed by atoms with Gasteiger partial charge < -0.3 is 19.7 Å². The molecule has 1 N–H and O–H groups in total. The van der Waals surface area contributed by atoms with E-state index < -0.39 is 17.9 Å². The van der Waals surface area contributed by atoms with Crippen molar-refractivity contribution in [2.45, 2.75) is 51.9 Å². The molecule has 0 radical (unpaired) electrons. The summed E-state index contributed by atoms with van der Waals surface area (Å²) in [5.41, 5.74) is 3.52. The number of anilines is 1. The number of aliphatic imine (C=N–C) groups is 1. The minimum atomic E-state index is -4.76. The largest absolute Gasteiger partial charge is 0.573 e. The highest BCUT2D eigenvalue weighted by atomic mass is 32.2. The summed E-state index contributed by atoms with van der Waals surface area (Å²) in [7, 11) is 1.64. The number of methoxy groups -OCH3 is 1. The van der Waals surface area contributed by atoms with Crippen molar-refractivity contribution in [3.63, 3.8) is 0 Å². The van der Waals surface area contributed by atoms with Crippen LogP contribution in [-0.4, -0.2) is 51.7 Å². The number of carbonyl (C=O) groups is 1. The average Bonchev–Trinajstić information content (AvgIpc) is 3.51. The van der Waals surface area contributed by atoms with E-state index in [1.165, 1.54) is 35.3 Å². The first-order chi connectivity index (χ1) is 21.8. The van der Waals surface area contributed by atoms with Crippen LogP contribution >= 0.6 is 11.8 Å². The molecule has 0 aliphatic carbocycles. The topological polar surface area (TPSA) is 93.9 Å². The molecular weight excluding hydrogens is 617 g/mol. The van der Waals surface area contributed by atoms with E-state index in [-0.39, 0.29) is 11.7 Å². The highest BCUT2D eigenvalue weighted by Gasteiger charge is 2.31. The summed E-state index contributed by atoms with van der Waals surface area (Å²) in [6, 6.07) is 18.4. The summed E-state index contributed by atoms with van der Waals surface area (Å²) in [6.07, 6.45) is -2.31. The van der Waals surface area contributed by atoms with Gasteiger partial charge in [-0.05, 0) is 67.6 Å². The number of hydrogen-bond donors (Lipinski definition) is 1. The van der Waals surface area contributed by atoms with Gasteiger partial charge in [-0.3, -0.25) is 0 Å². The normalized spacial score (nSPS) is 14.9. The fourth-order valence-electron chi connectivity index (χ4n) is 5.06. The van der Waals surface area contributed by atoms with Gasteiger partial charge in [0.1, 0.15) is 17.8 Å². The van der Waals surface area contributed by atoms with E-state index in [1.54, 1.807) is 18.9 Å². The quantitative estimate of drug-likeness (QED) is 0.207. The molecule has 1 aliphatic rings. The number of carbonyl (C=O) groups excluding carboxylic acids is 1. The van der Waals surface area contributed by atoms with Crippen molar-refractivity contribution < 1.29 is 27.4 Å². The van der Waals surface area contributed by atoms with E-state index in [0.717, 1.165) is 46.8 Å². The standard InChI is InChI=1S/C33H35F3N6O3S/c1-21(2)27-16-15-26(44-5)19-28(27)41-17-6-18-46-31(41)38-30(43)39-32(3,4)23-9-7-22(8-10-23)29-37-20-42(40-29)24-11-13-25(14-12-24)45-33(34,35)36/h7-16,19-21H,6,17-18H2,1-5H3,(H,39,43). The molecule has 0 atom stereocenters. The molecule has 5 rings (SSSR count). The van der Waals surface area contributed by atoms with Gasteiger partial charge in [0.05, 0.1) is 18.3 Å². The first-order valence-electron chi connectivity index (χ1n) is 14.7. The number of hydrogen-bond acceptors (Lipinski definition) is 6. The second kappa shape index (κ2) is 13.5. The Morgan fingerprint density at radius 2 is 1.72 bits per heavy atom. The van der Waals surface area contributed by atoms with Crippen LogP contribution in [0.4, 0.5) is 23.7 Å². The summed E-state index contributed by atoms with van der Waals surface area (Å²) in [5, 5.41) is 8.16. The number of benzene rings is 3. The minimum Gasteiger partial charge on any atom is -0.497 e. The summed E-state index contributed by atoms with van der Waals surface area (Å²) < 4.78 is 48.3. The van der Waals surface area contributed by atoms with Crippen LogP contribution in [0.5, 0.6) is 11.5 Å². The summed E-state index contributed by atoms with van der Waals surface area (Å²) >= 11 is 1.56. The Labute approximate surface area is 269 Å². The Kier molecular flexibility index (Phi) is 9.61. The number of amidine groups is 1. The van der Waals surface area contributed by atoms with E-state index >= 15 is 0 Å². The number of nitrogens with zero attached hydrogens (tertiary/aromatic N) is 5. The number of aromatic nitrogens is 3. The third-order valence-corrected chi connectivity index (χ3v) is 8.51. The van der Waals surface area contributed by atoms with E-state index in [2.05, 4.69) is 49.9 Å². The molecule has 1 aromatic heterocycles.